The molecule has 1 aliphatic heterocycles. The van der Waals surface area contributed by atoms with E-state index >= 15 is 0 Å². The van der Waals surface area contributed by atoms with Crippen molar-refractivity contribution in [3.8, 4) is 0 Å². The second-order valence-corrected chi connectivity index (χ2v) is 8.25. The number of amides is 1. The number of nitro benzene ring substituents is 1. The van der Waals surface area contributed by atoms with Crippen LogP contribution in [0.15, 0.2) is 18.2 Å². The standard InChI is InChI=1S/C22H31N3O5/c1-16(21(26)23-18-9-5-4-6-10-18)30-22(27)17-11-12-19(20(15-17)25(28)29)24-13-7-2-3-8-14-24/h11-12,15-16,18H,2-10,13-14H2,1H3,(H,23,26). The Morgan fingerprint density at radius 1 is 1.10 bits per heavy atom. The topological polar surface area (TPSA) is 102 Å². The average Bonchev–Trinajstić information content (AvgIpc) is 3.03. The summed E-state index contributed by atoms with van der Waals surface area (Å²) in [5.74, 6) is -1.06. The van der Waals surface area contributed by atoms with E-state index in [4.69, 9.17) is 4.74 Å². The zero-order chi connectivity index (χ0) is 21.5. The molecule has 8 heteroatoms. The van der Waals surface area contributed by atoms with Crippen molar-refractivity contribution in [2.24, 2.45) is 0 Å². The van der Waals surface area contributed by atoms with Gasteiger partial charge in [0.25, 0.3) is 11.6 Å². The van der Waals surface area contributed by atoms with Crippen LogP contribution in [-0.2, 0) is 9.53 Å². The van der Waals surface area contributed by atoms with Gasteiger partial charge in [-0.15, -0.1) is 0 Å². The van der Waals surface area contributed by atoms with Crippen LogP contribution in [-0.4, -0.2) is 42.0 Å². The Labute approximate surface area is 177 Å². The molecule has 0 radical (unpaired) electrons. The minimum atomic E-state index is -0.955. The van der Waals surface area contributed by atoms with Gasteiger partial charge in [-0.2, -0.15) is 0 Å². The number of anilines is 1. The van der Waals surface area contributed by atoms with Crippen molar-refractivity contribution in [2.45, 2.75) is 76.9 Å². The maximum absolute atomic E-state index is 12.5. The summed E-state index contributed by atoms with van der Waals surface area (Å²) < 4.78 is 5.29. The molecular weight excluding hydrogens is 386 g/mol. The summed E-state index contributed by atoms with van der Waals surface area (Å²) in [6.45, 7) is 3.06. The van der Waals surface area contributed by atoms with Crippen molar-refractivity contribution in [1.29, 1.82) is 0 Å². The van der Waals surface area contributed by atoms with Gasteiger partial charge in [0.2, 0.25) is 0 Å². The first kappa shape index (κ1) is 22.1. The average molecular weight is 418 g/mol. The molecule has 30 heavy (non-hydrogen) atoms. The number of nitrogens with one attached hydrogen (secondary N) is 1. The van der Waals surface area contributed by atoms with Crippen molar-refractivity contribution in [3.05, 3.63) is 33.9 Å². The minimum Gasteiger partial charge on any atom is -0.449 e. The summed E-state index contributed by atoms with van der Waals surface area (Å²) in [4.78, 5) is 38.1. The number of nitrogens with zero attached hydrogens (tertiary/aromatic N) is 2. The molecule has 164 valence electrons. The molecule has 2 aliphatic rings. The van der Waals surface area contributed by atoms with E-state index in [9.17, 15) is 19.7 Å². The molecule has 1 saturated heterocycles. The van der Waals surface area contributed by atoms with Crippen molar-refractivity contribution in [3.63, 3.8) is 0 Å². The van der Waals surface area contributed by atoms with E-state index < -0.39 is 17.0 Å². The highest BCUT2D eigenvalue weighted by Crippen LogP contribution is 2.31. The summed E-state index contributed by atoms with van der Waals surface area (Å²) in [7, 11) is 0. The second-order valence-electron chi connectivity index (χ2n) is 8.25. The van der Waals surface area contributed by atoms with Gasteiger partial charge in [-0.3, -0.25) is 14.9 Å². The van der Waals surface area contributed by atoms with Crippen molar-refractivity contribution in [1.82, 2.24) is 5.32 Å². The van der Waals surface area contributed by atoms with Gasteiger partial charge in [0, 0.05) is 25.2 Å². The van der Waals surface area contributed by atoms with E-state index in [2.05, 4.69) is 5.32 Å². The Kier molecular flexibility index (Phi) is 7.65. The number of ether oxygens (including phenoxy) is 1. The Bertz CT molecular complexity index is 768. The van der Waals surface area contributed by atoms with Crippen LogP contribution >= 0.6 is 0 Å². The molecule has 0 aromatic heterocycles. The number of hydrogen-bond acceptors (Lipinski definition) is 6. The van der Waals surface area contributed by atoms with E-state index in [0.717, 1.165) is 64.5 Å². The summed E-state index contributed by atoms with van der Waals surface area (Å²) in [6.07, 6.45) is 8.52. The number of benzene rings is 1. The summed E-state index contributed by atoms with van der Waals surface area (Å²) >= 11 is 0. The SMILES string of the molecule is CC(OC(=O)c1ccc(N2CCCCCC2)c([N+](=O)[O-])c1)C(=O)NC1CCCCC1. The first-order valence-corrected chi connectivity index (χ1v) is 11.0. The van der Waals surface area contributed by atoms with Gasteiger partial charge in [0.15, 0.2) is 6.10 Å². The number of nitro groups is 1. The van der Waals surface area contributed by atoms with Gasteiger partial charge in [0.05, 0.1) is 10.5 Å². The fraction of sp³-hybridized carbons (Fsp3) is 0.636. The van der Waals surface area contributed by atoms with E-state index in [-0.39, 0.29) is 23.2 Å². The molecule has 2 fully saturated rings. The molecule has 8 nitrogen and oxygen atoms in total. The maximum atomic E-state index is 12.5. The first-order valence-electron chi connectivity index (χ1n) is 11.0. The lowest BCUT2D eigenvalue weighted by Crippen LogP contribution is -2.42. The number of rotatable bonds is 6. The molecular formula is C22H31N3O5. The molecule has 1 unspecified atom stereocenters. The third-order valence-corrected chi connectivity index (χ3v) is 5.96. The molecule has 1 N–H and O–H groups in total. The molecule has 1 heterocycles. The van der Waals surface area contributed by atoms with Crippen LogP contribution < -0.4 is 10.2 Å². The lowest BCUT2D eigenvalue weighted by atomic mass is 9.95. The van der Waals surface area contributed by atoms with Crippen LogP contribution in [0.1, 0.15) is 75.1 Å². The second kappa shape index (κ2) is 10.4. The molecule has 3 rings (SSSR count). The van der Waals surface area contributed by atoms with E-state index in [0.29, 0.717) is 5.69 Å². The third-order valence-electron chi connectivity index (χ3n) is 5.96. The smallest absolute Gasteiger partial charge is 0.339 e. The molecule has 1 aliphatic carbocycles. The monoisotopic (exact) mass is 417 g/mol. The minimum absolute atomic E-state index is 0.0811. The predicted molar refractivity (Wildman–Crippen MR) is 114 cm³/mol. The Morgan fingerprint density at radius 3 is 2.37 bits per heavy atom. The van der Waals surface area contributed by atoms with Crippen LogP contribution in [0, 0.1) is 10.1 Å². The highest BCUT2D eigenvalue weighted by Gasteiger charge is 2.26. The Hall–Kier alpha value is -2.64. The largest absolute Gasteiger partial charge is 0.449 e. The van der Waals surface area contributed by atoms with Crippen LogP contribution in [0.25, 0.3) is 0 Å². The molecule has 0 bridgehead atoms. The molecule has 1 atom stereocenters. The summed E-state index contributed by atoms with van der Waals surface area (Å²) in [5, 5.41) is 14.6. The van der Waals surface area contributed by atoms with Gasteiger partial charge in [0.1, 0.15) is 5.69 Å². The lowest BCUT2D eigenvalue weighted by molar-refractivity contribution is -0.384. The quantitative estimate of drug-likeness (QED) is 0.427. The zero-order valence-electron chi connectivity index (χ0n) is 17.6. The number of carbonyl (C=O) groups excluding carboxylic acids is 2. The molecule has 1 saturated carbocycles. The Morgan fingerprint density at radius 2 is 1.73 bits per heavy atom. The summed E-state index contributed by atoms with van der Waals surface area (Å²) in [6, 6.07) is 4.55. The molecule has 1 amide bonds. The van der Waals surface area contributed by atoms with Crippen LogP contribution in [0.5, 0.6) is 0 Å². The van der Waals surface area contributed by atoms with Gasteiger partial charge >= 0.3 is 5.97 Å². The highest BCUT2D eigenvalue weighted by molar-refractivity contribution is 5.93. The van der Waals surface area contributed by atoms with E-state index in [1.807, 2.05) is 4.90 Å². The van der Waals surface area contributed by atoms with Gasteiger partial charge < -0.3 is 15.0 Å². The third kappa shape index (κ3) is 5.70. The first-order chi connectivity index (χ1) is 14.5. The van der Waals surface area contributed by atoms with Crippen molar-refractivity contribution in [2.75, 3.05) is 18.0 Å². The number of esters is 1. The van der Waals surface area contributed by atoms with E-state index in [1.165, 1.54) is 19.4 Å². The van der Waals surface area contributed by atoms with Crippen molar-refractivity contribution < 1.29 is 19.2 Å². The fourth-order valence-electron chi connectivity index (χ4n) is 4.22. The van der Waals surface area contributed by atoms with Gasteiger partial charge in [-0.25, -0.2) is 4.79 Å². The maximum Gasteiger partial charge on any atom is 0.339 e. The lowest BCUT2D eigenvalue weighted by Gasteiger charge is -2.24. The van der Waals surface area contributed by atoms with E-state index in [1.54, 1.807) is 12.1 Å². The van der Waals surface area contributed by atoms with Crippen LogP contribution in [0.2, 0.25) is 0 Å². The van der Waals surface area contributed by atoms with Crippen LogP contribution in [0.4, 0.5) is 11.4 Å². The van der Waals surface area contributed by atoms with Crippen LogP contribution in [0.3, 0.4) is 0 Å². The Balaban J connectivity index is 1.66. The summed E-state index contributed by atoms with van der Waals surface area (Å²) in [5.41, 5.74) is 0.504. The molecule has 0 spiro atoms. The van der Waals surface area contributed by atoms with Crippen molar-refractivity contribution >= 4 is 23.3 Å². The molecule has 1 aromatic carbocycles. The number of hydrogen-bond donors (Lipinski definition) is 1. The predicted octanol–water partition coefficient (Wildman–Crippen LogP) is 3.97. The zero-order valence-corrected chi connectivity index (χ0v) is 17.6. The fourth-order valence-corrected chi connectivity index (χ4v) is 4.22. The van der Waals surface area contributed by atoms with Gasteiger partial charge in [-0.05, 0) is 44.7 Å². The normalized spacial score (nSPS) is 18.9. The number of carbonyl (C=O) groups is 2. The molecule has 1 aromatic rings. The highest BCUT2D eigenvalue weighted by atomic mass is 16.6. The van der Waals surface area contributed by atoms with Gasteiger partial charge in [-0.1, -0.05) is 32.1 Å².